The molecule has 0 atom stereocenters. The van der Waals surface area contributed by atoms with Crippen molar-refractivity contribution in [2.24, 2.45) is 0 Å². The fourth-order valence-electron chi connectivity index (χ4n) is 2.17. The molecule has 2 heterocycles. The fraction of sp³-hybridized carbons (Fsp3) is 0.200. The Morgan fingerprint density at radius 2 is 2.09 bits per heavy atom. The SMILES string of the molecule is COc1ccccc1-n1nnc(C(=O)Nc2cc(C)on2)c1C. The zero-order valence-electron chi connectivity index (χ0n) is 12.9. The number of hydrogen-bond donors (Lipinski definition) is 1. The first-order valence-corrected chi connectivity index (χ1v) is 6.90. The smallest absolute Gasteiger partial charge is 0.279 e. The average Bonchev–Trinajstić information content (AvgIpc) is 3.13. The number of para-hydroxylation sites is 2. The highest BCUT2D eigenvalue weighted by Crippen LogP contribution is 2.23. The van der Waals surface area contributed by atoms with Gasteiger partial charge < -0.3 is 14.6 Å². The van der Waals surface area contributed by atoms with E-state index in [1.165, 1.54) is 0 Å². The number of aryl methyl sites for hydroxylation is 1. The third-order valence-electron chi connectivity index (χ3n) is 3.29. The summed E-state index contributed by atoms with van der Waals surface area (Å²) in [6.45, 7) is 3.50. The lowest BCUT2D eigenvalue weighted by Crippen LogP contribution is -2.14. The number of nitrogens with zero attached hydrogens (tertiary/aromatic N) is 4. The van der Waals surface area contributed by atoms with E-state index in [1.54, 1.807) is 31.7 Å². The lowest BCUT2D eigenvalue weighted by atomic mass is 10.2. The molecule has 0 aliphatic heterocycles. The summed E-state index contributed by atoms with van der Waals surface area (Å²) in [4.78, 5) is 12.3. The second kappa shape index (κ2) is 5.91. The Hall–Kier alpha value is -3.16. The van der Waals surface area contributed by atoms with E-state index in [1.807, 2.05) is 24.3 Å². The van der Waals surface area contributed by atoms with Gasteiger partial charge in [-0.2, -0.15) is 0 Å². The summed E-state index contributed by atoms with van der Waals surface area (Å²) >= 11 is 0. The van der Waals surface area contributed by atoms with Crippen molar-refractivity contribution in [3.63, 3.8) is 0 Å². The first kappa shape index (κ1) is 14.8. The topological polar surface area (TPSA) is 95.1 Å². The van der Waals surface area contributed by atoms with E-state index in [-0.39, 0.29) is 5.69 Å². The molecule has 1 N–H and O–H groups in total. The summed E-state index contributed by atoms with van der Waals surface area (Å²) in [7, 11) is 1.58. The molecule has 8 heteroatoms. The highest BCUT2D eigenvalue weighted by molar-refractivity contribution is 6.03. The Bertz CT molecular complexity index is 852. The molecule has 3 aromatic rings. The molecule has 0 unspecified atom stereocenters. The van der Waals surface area contributed by atoms with Crippen LogP contribution in [0.2, 0.25) is 0 Å². The van der Waals surface area contributed by atoms with Crippen LogP contribution in [0.4, 0.5) is 5.82 Å². The Morgan fingerprint density at radius 1 is 1.30 bits per heavy atom. The van der Waals surface area contributed by atoms with E-state index >= 15 is 0 Å². The van der Waals surface area contributed by atoms with Crippen molar-refractivity contribution in [3.8, 4) is 11.4 Å². The number of nitrogens with one attached hydrogen (secondary N) is 1. The first-order chi connectivity index (χ1) is 11.1. The Morgan fingerprint density at radius 3 is 2.78 bits per heavy atom. The van der Waals surface area contributed by atoms with Crippen LogP contribution in [0.5, 0.6) is 5.75 Å². The quantitative estimate of drug-likeness (QED) is 0.793. The number of benzene rings is 1. The third kappa shape index (κ3) is 2.78. The summed E-state index contributed by atoms with van der Waals surface area (Å²) in [5.74, 6) is 1.17. The van der Waals surface area contributed by atoms with Crippen molar-refractivity contribution in [3.05, 3.63) is 47.5 Å². The molecular weight excluding hydrogens is 298 g/mol. The molecule has 23 heavy (non-hydrogen) atoms. The summed E-state index contributed by atoms with van der Waals surface area (Å²) in [5, 5.41) is 14.3. The van der Waals surface area contributed by atoms with Gasteiger partial charge in [0.15, 0.2) is 11.5 Å². The molecule has 1 aromatic carbocycles. The van der Waals surface area contributed by atoms with Gasteiger partial charge in [-0.15, -0.1) is 5.10 Å². The van der Waals surface area contributed by atoms with Crippen LogP contribution in [0.15, 0.2) is 34.9 Å². The number of anilines is 1. The van der Waals surface area contributed by atoms with Gasteiger partial charge in [-0.05, 0) is 26.0 Å². The van der Waals surface area contributed by atoms with Crippen molar-refractivity contribution in [2.45, 2.75) is 13.8 Å². The van der Waals surface area contributed by atoms with Crippen molar-refractivity contribution in [1.82, 2.24) is 20.2 Å². The van der Waals surface area contributed by atoms with Gasteiger partial charge in [0.1, 0.15) is 17.2 Å². The number of ether oxygens (including phenoxy) is 1. The monoisotopic (exact) mass is 313 g/mol. The third-order valence-corrected chi connectivity index (χ3v) is 3.29. The molecule has 8 nitrogen and oxygen atoms in total. The van der Waals surface area contributed by atoms with Gasteiger partial charge in [-0.1, -0.05) is 22.5 Å². The first-order valence-electron chi connectivity index (χ1n) is 6.90. The summed E-state index contributed by atoms with van der Waals surface area (Å²) in [6, 6.07) is 8.99. The second-order valence-electron chi connectivity index (χ2n) is 4.88. The van der Waals surface area contributed by atoms with Gasteiger partial charge in [-0.3, -0.25) is 4.79 Å². The van der Waals surface area contributed by atoms with Crippen LogP contribution in [0.25, 0.3) is 5.69 Å². The number of methoxy groups -OCH3 is 1. The van der Waals surface area contributed by atoms with Crippen molar-refractivity contribution in [2.75, 3.05) is 12.4 Å². The standard InChI is InChI=1S/C15H15N5O3/c1-9-8-13(18-23-9)16-15(21)14-10(2)20(19-17-14)11-6-4-5-7-12(11)22-3/h4-8H,1-3H3,(H,16,18,21). The van der Waals surface area contributed by atoms with E-state index in [9.17, 15) is 4.79 Å². The molecule has 2 aromatic heterocycles. The van der Waals surface area contributed by atoms with Crippen LogP contribution in [-0.2, 0) is 0 Å². The molecule has 1 amide bonds. The lowest BCUT2D eigenvalue weighted by molar-refractivity contribution is 0.102. The zero-order valence-corrected chi connectivity index (χ0v) is 12.9. The van der Waals surface area contributed by atoms with Crippen molar-refractivity contribution < 1.29 is 14.1 Å². The van der Waals surface area contributed by atoms with Gasteiger partial charge in [0.2, 0.25) is 0 Å². The zero-order chi connectivity index (χ0) is 16.4. The highest BCUT2D eigenvalue weighted by Gasteiger charge is 2.19. The largest absolute Gasteiger partial charge is 0.494 e. The van der Waals surface area contributed by atoms with Crippen LogP contribution in [0.3, 0.4) is 0 Å². The van der Waals surface area contributed by atoms with Crippen LogP contribution in [0, 0.1) is 13.8 Å². The van der Waals surface area contributed by atoms with Crippen LogP contribution in [0.1, 0.15) is 21.9 Å². The number of amides is 1. The van der Waals surface area contributed by atoms with Gasteiger partial charge in [0.25, 0.3) is 5.91 Å². The number of carbonyl (C=O) groups is 1. The number of aromatic nitrogens is 4. The summed E-state index contributed by atoms with van der Waals surface area (Å²) < 4.78 is 11.8. The minimum atomic E-state index is -0.406. The van der Waals surface area contributed by atoms with E-state index in [2.05, 4.69) is 20.8 Å². The Labute approximate surface area is 132 Å². The predicted octanol–water partition coefficient (Wildman–Crippen LogP) is 2.13. The maximum absolute atomic E-state index is 12.3. The summed E-state index contributed by atoms with van der Waals surface area (Å²) in [5.41, 5.74) is 1.50. The molecule has 0 spiro atoms. The minimum Gasteiger partial charge on any atom is -0.494 e. The van der Waals surface area contributed by atoms with Gasteiger partial charge in [-0.25, -0.2) is 4.68 Å². The van der Waals surface area contributed by atoms with E-state index < -0.39 is 5.91 Å². The molecule has 0 aliphatic carbocycles. The predicted molar refractivity (Wildman–Crippen MR) is 81.8 cm³/mol. The normalized spacial score (nSPS) is 10.6. The minimum absolute atomic E-state index is 0.205. The van der Waals surface area contributed by atoms with Gasteiger partial charge in [0.05, 0.1) is 12.8 Å². The van der Waals surface area contributed by atoms with Gasteiger partial charge in [0, 0.05) is 6.07 Å². The van der Waals surface area contributed by atoms with E-state index in [0.717, 1.165) is 0 Å². The molecule has 0 saturated heterocycles. The number of hydrogen-bond acceptors (Lipinski definition) is 6. The highest BCUT2D eigenvalue weighted by atomic mass is 16.5. The maximum atomic E-state index is 12.3. The van der Waals surface area contributed by atoms with Crippen LogP contribution in [-0.4, -0.2) is 33.2 Å². The molecule has 3 rings (SSSR count). The Balaban J connectivity index is 1.91. The molecule has 0 aliphatic rings. The lowest BCUT2D eigenvalue weighted by Gasteiger charge is -2.08. The Kier molecular flexibility index (Phi) is 3.80. The molecule has 0 radical (unpaired) electrons. The average molecular weight is 313 g/mol. The molecule has 0 bridgehead atoms. The maximum Gasteiger partial charge on any atom is 0.279 e. The van der Waals surface area contributed by atoms with E-state index in [0.29, 0.717) is 28.7 Å². The molecule has 0 saturated carbocycles. The number of rotatable bonds is 4. The van der Waals surface area contributed by atoms with Crippen molar-refractivity contribution >= 4 is 11.7 Å². The van der Waals surface area contributed by atoms with E-state index in [4.69, 9.17) is 9.26 Å². The second-order valence-corrected chi connectivity index (χ2v) is 4.88. The van der Waals surface area contributed by atoms with Crippen LogP contribution < -0.4 is 10.1 Å². The van der Waals surface area contributed by atoms with Gasteiger partial charge >= 0.3 is 0 Å². The summed E-state index contributed by atoms with van der Waals surface area (Å²) in [6.07, 6.45) is 0. The number of carbonyl (C=O) groups excluding carboxylic acids is 1. The fourth-order valence-corrected chi connectivity index (χ4v) is 2.17. The molecular formula is C15H15N5O3. The van der Waals surface area contributed by atoms with Crippen LogP contribution >= 0.6 is 0 Å². The molecule has 0 fully saturated rings. The molecule has 118 valence electrons. The van der Waals surface area contributed by atoms with Crippen molar-refractivity contribution in [1.29, 1.82) is 0 Å².